The molecule has 0 aliphatic rings. The maximum Gasteiger partial charge on any atom is 0.264 e. The SMILES string of the molecule is CCC(C)N(C(=O)c1cccs1)C(C)CC. The molecule has 16 heavy (non-hydrogen) atoms. The third kappa shape index (κ3) is 2.85. The van der Waals surface area contributed by atoms with Gasteiger partial charge in [0.15, 0.2) is 0 Å². The van der Waals surface area contributed by atoms with Crippen LogP contribution < -0.4 is 0 Å². The first-order valence-corrected chi connectivity index (χ1v) is 6.85. The van der Waals surface area contributed by atoms with E-state index < -0.39 is 0 Å². The van der Waals surface area contributed by atoms with Gasteiger partial charge < -0.3 is 4.90 Å². The smallest absolute Gasteiger partial charge is 0.264 e. The summed E-state index contributed by atoms with van der Waals surface area (Å²) in [5.41, 5.74) is 0. The second-order valence-corrected chi connectivity index (χ2v) is 5.15. The fraction of sp³-hybridized carbons (Fsp3) is 0.615. The highest BCUT2D eigenvalue weighted by atomic mass is 32.1. The van der Waals surface area contributed by atoms with Gasteiger partial charge >= 0.3 is 0 Å². The topological polar surface area (TPSA) is 20.3 Å². The zero-order valence-corrected chi connectivity index (χ0v) is 11.4. The monoisotopic (exact) mass is 239 g/mol. The molecule has 0 saturated heterocycles. The Morgan fingerprint density at radius 1 is 1.31 bits per heavy atom. The molecule has 1 aromatic rings. The Labute approximate surface area is 102 Å². The van der Waals surface area contributed by atoms with Crippen LogP contribution in [0.1, 0.15) is 50.2 Å². The van der Waals surface area contributed by atoms with E-state index >= 15 is 0 Å². The highest BCUT2D eigenvalue weighted by Crippen LogP contribution is 2.19. The summed E-state index contributed by atoms with van der Waals surface area (Å²) in [6.07, 6.45) is 2.00. The number of amides is 1. The first kappa shape index (κ1) is 13.2. The van der Waals surface area contributed by atoms with Gasteiger partial charge in [0.05, 0.1) is 4.88 Å². The molecule has 0 spiro atoms. The molecule has 0 bridgehead atoms. The van der Waals surface area contributed by atoms with Gasteiger partial charge in [0.25, 0.3) is 5.91 Å². The summed E-state index contributed by atoms with van der Waals surface area (Å²) < 4.78 is 0. The van der Waals surface area contributed by atoms with Gasteiger partial charge in [-0.1, -0.05) is 19.9 Å². The van der Waals surface area contributed by atoms with Crippen molar-refractivity contribution >= 4 is 17.2 Å². The van der Waals surface area contributed by atoms with Crippen molar-refractivity contribution in [1.82, 2.24) is 4.90 Å². The van der Waals surface area contributed by atoms with E-state index in [1.807, 2.05) is 22.4 Å². The number of hydrogen-bond acceptors (Lipinski definition) is 2. The molecule has 0 aromatic carbocycles. The lowest BCUT2D eigenvalue weighted by atomic mass is 10.1. The largest absolute Gasteiger partial charge is 0.333 e. The number of carbonyl (C=O) groups excluding carboxylic acids is 1. The van der Waals surface area contributed by atoms with Gasteiger partial charge in [-0.2, -0.15) is 0 Å². The summed E-state index contributed by atoms with van der Waals surface area (Å²) in [5.74, 6) is 0.179. The van der Waals surface area contributed by atoms with Crippen molar-refractivity contribution in [2.24, 2.45) is 0 Å². The molecule has 2 unspecified atom stereocenters. The van der Waals surface area contributed by atoms with Gasteiger partial charge in [0.1, 0.15) is 0 Å². The molecule has 0 aliphatic carbocycles. The summed E-state index contributed by atoms with van der Waals surface area (Å²) in [6, 6.07) is 4.46. The van der Waals surface area contributed by atoms with E-state index in [-0.39, 0.29) is 5.91 Å². The van der Waals surface area contributed by atoms with Crippen molar-refractivity contribution in [2.45, 2.75) is 52.6 Å². The van der Waals surface area contributed by atoms with Crippen molar-refractivity contribution in [2.75, 3.05) is 0 Å². The fourth-order valence-electron chi connectivity index (χ4n) is 1.76. The quantitative estimate of drug-likeness (QED) is 0.765. The molecule has 1 aromatic heterocycles. The van der Waals surface area contributed by atoms with Crippen LogP contribution in [0.3, 0.4) is 0 Å². The Kier molecular flexibility index (Phi) is 5.00. The summed E-state index contributed by atoms with van der Waals surface area (Å²) >= 11 is 1.52. The molecular weight excluding hydrogens is 218 g/mol. The minimum atomic E-state index is 0.179. The number of nitrogens with zero attached hydrogens (tertiary/aromatic N) is 1. The third-order valence-corrected chi connectivity index (χ3v) is 3.96. The van der Waals surface area contributed by atoms with Gasteiger partial charge in [-0.25, -0.2) is 0 Å². The number of rotatable bonds is 5. The zero-order valence-electron chi connectivity index (χ0n) is 10.6. The molecule has 0 aliphatic heterocycles. The fourth-order valence-corrected chi connectivity index (χ4v) is 2.42. The van der Waals surface area contributed by atoms with Crippen LogP contribution in [0.2, 0.25) is 0 Å². The molecule has 90 valence electrons. The molecule has 1 amide bonds. The van der Waals surface area contributed by atoms with E-state index in [0.29, 0.717) is 12.1 Å². The molecule has 0 N–H and O–H groups in total. The first-order valence-electron chi connectivity index (χ1n) is 5.97. The highest BCUT2D eigenvalue weighted by molar-refractivity contribution is 7.12. The molecule has 2 nitrogen and oxygen atoms in total. The molecular formula is C13H21NOS. The van der Waals surface area contributed by atoms with Crippen molar-refractivity contribution in [1.29, 1.82) is 0 Å². The van der Waals surface area contributed by atoms with Crippen molar-refractivity contribution < 1.29 is 4.79 Å². The Bertz CT molecular complexity index is 311. The van der Waals surface area contributed by atoms with Crippen LogP contribution in [-0.4, -0.2) is 22.9 Å². The van der Waals surface area contributed by atoms with Gasteiger partial charge in [0.2, 0.25) is 0 Å². The van der Waals surface area contributed by atoms with Crippen LogP contribution in [0.4, 0.5) is 0 Å². The van der Waals surface area contributed by atoms with Crippen molar-refractivity contribution in [3.8, 4) is 0 Å². The average molecular weight is 239 g/mol. The second kappa shape index (κ2) is 6.04. The minimum absolute atomic E-state index is 0.179. The minimum Gasteiger partial charge on any atom is -0.333 e. The summed E-state index contributed by atoms with van der Waals surface area (Å²) in [4.78, 5) is 15.2. The molecule has 0 fully saturated rings. The predicted octanol–water partition coefficient (Wildman–Crippen LogP) is 3.79. The van der Waals surface area contributed by atoms with E-state index in [4.69, 9.17) is 0 Å². The number of hydrogen-bond donors (Lipinski definition) is 0. The van der Waals surface area contributed by atoms with E-state index in [1.54, 1.807) is 0 Å². The third-order valence-electron chi connectivity index (χ3n) is 3.10. The van der Waals surface area contributed by atoms with Gasteiger partial charge in [-0.3, -0.25) is 4.79 Å². The number of carbonyl (C=O) groups is 1. The van der Waals surface area contributed by atoms with E-state index in [9.17, 15) is 4.79 Å². The van der Waals surface area contributed by atoms with Crippen LogP contribution in [0.25, 0.3) is 0 Å². The van der Waals surface area contributed by atoms with Gasteiger partial charge in [0, 0.05) is 12.1 Å². The molecule has 0 radical (unpaired) electrons. The normalized spacial score (nSPS) is 14.5. The zero-order chi connectivity index (χ0) is 12.1. The molecule has 1 rings (SSSR count). The lowest BCUT2D eigenvalue weighted by molar-refractivity contribution is 0.0603. The molecule has 3 heteroatoms. The van der Waals surface area contributed by atoms with Gasteiger partial charge in [-0.05, 0) is 38.1 Å². The first-order chi connectivity index (χ1) is 7.61. The van der Waals surface area contributed by atoms with Crippen LogP contribution in [0, 0.1) is 0 Å². The standard InChI is InChI=1S/C13H21NOS/c1-5-10(3)14(11(4)6-2)13(15)12-8-7-9-16-12/h7-11H,5-6H2,1-4H3. The number of thiophene rings is 1. The maximum absolute atomic E-state index is 12.3. The van der Waals surface area contributed by atoms with Crippen LogP contribution in [0.5, 0.6) is 0 Å². The lowest BCUT2D eigenvalue weighted by Gasteiger charge is -2.33. The predicted molar refractivity (Wildman–Crippen MR) is 70.0 cm³/mol. The Morgan fingerprint density at radius 3 is 2.25 bits per heavy atom. The highest BCUT2D eigenvalue weighted by Gasteiger charge is 2.24. The molecule has 0 saturated carbocycles. The summed E-state index contributed by atoms with van der Waals surface area (Å²) in [7, 11) is 0. The van der Waals surface area contributed by atoms with Crippen molar-refractivity contribution in [3.05, 3.63) is 22.4 Å². The molecule has 1 heterocycles. The van der Waals surface area contributed by atoms with E-state index in [1.165, 1.54) is 11.3 Å². The maximum atomic E-state index is 12.3. The summed E-state index contributed by atoms with van der Waals surface area (Å²) in [6.45, 7) is 8.50. The van der Waals surface area contributed by atoms with Crippen LogP contribution in [0.15, 0.2) is 17.5 Å². The average Bonchev–Trinajstić information content (AvgIpc) is 2.81. The Balaban J connectivity index is 2.88. The summed E-state index contributed by atoms with van der Waals surface area (Å²) in [5, 5.41) is 1.96. The van der Waals surface area contributed by atoms with Crippen molar-refractivity contribution in [3.63, 3.8) is 0 Å². The Morgan fingerprint density at radius 2 is 1.88 bits per heavy atom. The molecule has 2 atom stereocenters. The Hall–Kier alpha value is -0.830. The van der Waals surface area contributed by atoms with Crippen LogP contribution >= 0.6 is 11.3 Å². The lowest BCUT2D eigenvalue weighted by Crippen LogP contribution is -2.44. The van der Waals surface area contributed by atoms with E-state index in [0.717, 1.165) is 17.7 Å². The van der Waals surface area contributed by atoms with Crippen LogP contribution in [-0.2, 0) is 0 Å². The van der Waals surface area contributed by atoms with Gasteiger partial charge in [-0.15, -0.1) is 11.3 Å². The van der Waals surface area contributed by atoms with E-state index in [2.05, 4.69) is 27.7 Å². The second-order valence-electron chi connectivity index (χ2n) is 4.20.